The molecule has 4 rings (SSSR count). The lowest BCUT2D eigenvalue weighted by Crippen LogP contribution is -2.43. The number of anilines is 2. The highest BCUT2D eigenvalue weighted by molar-refractivity contribution is 6.11. The maximum Gasteiger partial charge on any atom is 0.326 e. The monoisotopic (exact) mass is 714 g/mol. The molecule has 2 unspecified atom stereocenters. The van der Waals surface area contributed by atoms with E-state index in [1.807, 2.05) is 61.5 Å². The standard InChI is InChI=1S/C35H43N11O6/c1-2-46-28-19-22(43-35(52)45-27(31(49)50)11-7-17-41-33(38)39)13-15-24(28)23-14-12-21(18-25(23)29(46)20-8-4-3-5-9-20)42-34(51)44-26(30(47)48)10-6-16-40-32(36)37/h3-5,8-9,12-15,18-19,26-27H,2,6-7,10-11,16-17H2,1H3,(H13,36,37,38,39,40,41,42,44,45,47,48,49,50,51,52)/p+1. The van der Waals surface area contributed by atoms with Gasteiger partial charge in [0.25, 0.3) is 0 Å². The van der Waals surface area contributed by atoms with Gasteiger partial charge in [-0.1, -0.05) is 24.3 Å². The number of benzene rings is 3. The van der Waals surface area contributed by atoms with E-state index in [1.165, 1.54) is 0 Å². The number of carbonyl (C=O) groups excluding carboxylic acids is 2. The van der Waals surface area contributed by atoms with Crippen LogP contribution in [0.2, 0.25) is 0 Å². The van der Waals surface area contributed by atoms with E-state index in [0.717, 1.165) is 32.9 Å². The van der Waals surface area contributed by atoms with E-state index in [1.54, 1.807) is 12.1 Å². The summed E-state index contributed by atoms with van der Waals surface area (Å²) in [7, 11) is 0. The van der Waals surface area contributed by atoms with Gasteiger partial charge in [0.05, 0.1) is 10.8 Å². The van der Waals surface area contributed by atoms with Crippen LogP contribution in [0.3, 0.4) is 0 Å². The van der Waals surface area contributed by atoms with Gasteiger partial charge < -0.3 is 54.4 Å². The maximum absolute atomic E-state index is 13.0. The molecule has 0 saturated carbocycles. The lowest BCUT2D eigenvalue weighted by Gasteiger charge is -2.17. The Kier molecular flexibility index (Phi) is 13.1. The molecule has 0 bridgehead atoms. The molecule has 17 nitrogen and oxygen atoms in total. The zero-order valence-corrected chi connectivity index (χ0v) is 28.6. The Labute approximate surface area is 299 Å². The average molecular weight is 715 g/mol. The number of aryl methyl sites for hydroxylation is 1. The molecule has 2 atom stereocenters. The first-order valence-electron chi connectivity index (χ1n) is 16.6. The molecule has 0 saturated heterocycles. The predicted octanol–water partition coefficient (Wildman–Crippen LogP) is 2.22. The number of carboxylic acid groups (broad SMARTS) is 2. The quantitative estimate of drug-likeness (QED) is 0.0265. The van der Waals surface area contributed by atoms with Crippen LogP contribution in [0, 0.1) is 0 Å². The number of aromatic nitrogens is 1. The van der Waals surface area contributed by atoms with Crippen molar-refractivity contribution in [3.8, 4) is 11.3 Å². The molecule has 14 N–H and O–H groups in total. The maximum atomic E-state index is 13.0. The lowest BCUT2D eigenvalue weighted by molar-refractivity contribution is -0.655. The number of amides is 4. The highest BCUT2D eigenvalue weighted by atomic mass is 16.4. The van der Waals surface area contributed by atoms with Crippen molar-refractivity contribution in [2.75, 3.05) is 23.7 Å². The van der Waals surface area contributed by atoms with E-state index in [-0.39, 0.29) is 37.9 Å². The smallest absolute Gasteiger partial charge is 0.326 e. The molecule has 1 heterocycles. The zero-order valence-electron chi connectivity index (χ0n) is 28.6. The second kappa shape index (κ2) is 17.8. The molecule has 0 spiro atoms. The van der Waals surface area contributed by atoms with Gasteiger partial charge in [-0.3, -0.25) is 9.98 Å². The van der Waals surface area contributed by atoms with Crippen LogP contribution in [0.25, 0.3) is 32.9 Å². The number of nitrogens with two attached hydrogens (primary N) is 4. The van der Waals surface area contributed by atoms with Gasteiger partial charge in [0, 0.05) is 41.5 Å². The first kappa shape index (κ1) is 38.2. The zero-order chi connectivity index (χ0) is 37.8. The minimum absolute atomic E-state index is 0.0962. The van der Waals surface area contributed by atoms with Gasteiger partial charge in [0.15, 0.2) is 11.9 Å². The highest BCUT2D eigenvalue weighted by Gasteiger charge is 2.25. The van der Waals surface area contributed by atoms with Crippen molar-refractivity contribution < 1.29 is 34.0 Å². The molecule has 0 aliphatic heterocycles. The van der Waals surface area contributed by atoms with Crippen LogP contribution in [0.5, 0.6) is 0 Å². The van der Waals surface area contributed by atoms with Gasteiger partial charge in [-0.15, -0.1) is 0 Å². The summed E-state index contributed by atoms with van der Waals surface area (Å²) in [5, 5.41) is 32.3. The Hall–Kier alpha value is -6.65. The molecule has 1 aromatic heterocycles. The number of pyridine rings is 1. The third-order valence-corrected chi connectivity index (χ3v) is 8.10. The molecule has 3 aromatic carbocycles. The first-order chi connectivity index (χ1) is 24.9. The van der Waals surface area contributed by atoms with Crippen molar-refractivity contribution in [2.24, 2.45) is 32.9 Å². The van der Waals surface area contributed by atoms with Gasteiger partial charge in [-0.05, 0) is 69.0 Å². The summed E-state index contributed by atoms with van der Waals surface area (Å²) in [5.41, 5.74) is 24.7. The number of urea groups is 2. The molecule has 274 valence electrons. The molecular weight excluding hydrogens is 670 g/mol. The normalized spacial score (nSPS) is 11.9. The fourth-order valence-electron chi connectivity index (χ4n) is 5.79. The Morgan fingerprint density at radius 2 is 1.19 bits per heavy atom. The van der Waals surface area contributed by atoms with Crippen LogP contribution in [-0.4, -0.2) is 71.3 Å². The largest absolute Gasteiger partial charge is 0.480 e. The number of nitrogens with one attached hydrogen (secondary N) is 4. The number of carbonyl (C=O) groups is 4. The van der Waals surface area contributed by atoms with E-state index < -0.39 is 36.1 Å². The average Bonchev–Trinajstić information content (AvgIpc) is 3.10. The summed E-state index contributed by atoms with van der Waals surface area (Å²) in [6, 6.07) is 16.8. The second-order valence-electron chi connectivity index (χ2n) is 11.8. The van der Waals surface area contributed by atoms with Crippen molar-refractivity contribution >= 4 is 69.0 Å². The molecule has 0 aliphatic carbocycles. The summed E-state index contributed by atoms with van der Waals surface area (Å²) in [5.74, 6) is -2.57. The van der Waals surface area contributed by atoms with Gasteiger partial charge in [-0.25, -0.2) is 19.2 Å². The van der Waals surface area contributed by atoms with E-state index in [9.17, 15) is 29.4 Å². The molecule has 17 heteroatoms. The molecule has 0 radical (unpaired) electrons. The molecule has 4 amide bonds. The summed E-state index contributed by atoms with van der Waals surface area (Å²) in [6.45, 7) is 2.97. The van der Waals surface area contributed by atoms with E-state index >= 15 is 0 Å². The minimum Gasteiger partial charge on any atom is -0.480 e. The lowest BCUT2D eigenvalue weighted by atomic mass is 9.98. The van der Waals surface area contributed by atoms with Crippen LogP contribution in [-0.2, 0) is 16.1 Å². The van der Waals surface area contributed by atoms with Gasteiger partial charge in [0.1, 0.15) is 18.6 Å². The van der Waals surface area contributed by atoms with Crippen molar-refractivity contribution in [3.63, 3.8) is 0 Å². The van der Waals surface area contributed by atoms with Crippen LogP contribution in [0.15, 0.2) is 76.7 Å². The highest BCUT2D eigenvalue weighted by Crippen LogP contribution is 2.34. The van der Waals surface area contributed by atoms with Crippen molar-refractivity contribution in [3.05, 3.63) is 66.7 Å². The third-order valence-electron chi connectivity index (χ3n) is 8.10. The summed E-state index contributed by atoms with van der Waals surface area (Å²) >= 11 is 0. The van der Waals surface area contributed by atoms with Gasteiger partial charge in [0.2, 0.25) is 11.2 Å². The van der Waals surface area contributed by atoms with Crippen molar-refractivity contribution in [1.29, 1.82) is 0 Å². The fraction of sp³-hybridized carbons (Fsp3) is 0.286. The molecular formula is C35H44N11O6+. The van der Waals surface area contributed by atoms with Gasteiger partial charge >= 0.3 is 24.0 Å². The van der Waals surface area contributed by atoms with E-state index in [2.05, 4.69) is 35.8 Å². The number of fused-ring (bicyclic) bond motifs is 3. The number of aliphatic carboxylic acids is 2. The van der Waals surface area contributed by atoms with Crippen LogP contribution in [0.4, 0.5) is 21.0 Å². The van der Waals surface area contributed by atoms with Crippen LogP contribution in [0.1, 0.15) is 32.6 Å². The predicted molar refractivity (Wildman–Crippen MR) is 200 cm³/mol. The number of aliphatic imine (C=N–C) groups is 2. The van der Waals surface area contributed by atoms with Gasteiger partial charge in [-0.2, -0.15) is 4.57 Å². The van der Waals surface area contributed by atoms with E-state index in [0.29, 0.717) is 30.8 Å². The number of carboxylic acids is 2. The summed E-state index contributed by atoms with van der Waals surface area (Å²) in [4.78, 5) is 57.2. The summed E-state index contributed by atoms with van der Waals surface area (Å²) in [6.07, 6.45) is 0.946. The number of hydrogen-bond donors (Lipinski definition) is 10. The Morgan fingerprint density at radius 1 is 0.692 bits per heavy atom. The molecule has 0 fully saturated rings. The fourth-order valence-corrected chi connectivity index (χ4v) is 5.79. The number of nitrogens with zero attached hydrogens (tertiary/aromatic N) is 3. The first-order valence-corrected chi connectivity index (χ1v) is 16.6. The SMILES string of the molecule is CC[n+]1c(-c2ccccc2)c2cc(NC(=O)NC(CCCN=C(N)N)C(=O)O)ccc2c2ccc(NC(=O)NC(CCCN=C(N)N)C(=O)O)cc21. The van der Waals surface area contributed by atoms with E-state index in [4.69, 9.17) is 22.9 Å². The number of hydrogen-bond acceptors (Lipinski definition) is 6. The summed E-state index contributed by atoms with van der Waals surface area (Å²) < 4.78 is 2.08. The minimum atomic E-state index is -1.19. The number of rotatable bonds is 16. The Balaban J connectivity index is 1.65. The molecule has 0 aliphatic rings. The molecule has 52 heavy (non-hydrogen) atoms. The third kappa shape index (κ3) is 10.2. The topological polar surface area (TPSA) is 290 Å². The van der Waals surface area contributed by atoms with Crippen LogP contribution < -0.4 is 48.8 Å². The van der Waals surface area contributed by atoms with Crippen molar-refractivity contribution in [1.82, 2.24) is 10.6 Å². The Morgan fingerprint density at radius 3 is 1.67 bits per heavy atom. The molecule has 4 aromatic rings. The van der Waals surface area contributed by atoms with Crippen LogP contribution >= 0.6 is 0 Å². The number of guanidine groups is 2. The Bertz CT molecular complexity index is 1990. The second-order valence-corrected chi connectivity index (χ2v) is 11.8. The van der Waals surface area contributed by atoms with Crippen molar-refractivity contribution in [2.45, 2.75) is 51.2 Å².